The number of rotatable bonds is 2. The monoisotopic (exact) mass is 229 g/mol. The molecule has 1 aliphatic rings. The molecule has 1 unspecified atom stereocenters. The van der Waals surface area contributed by atoms with E-state index < -0.39 is 0 Å². The van der Waals surface area contributed by atoms with Gasteiger partial charge in [0.15, 0.2) is 0 Å². The Kier molecular flexibility index (Phi) is 3.62. The highest BCUT2D eigenvalue weighted by molar-refractivity contribution is 5.88. The molecule has 0 fully saturated rings. The van der Waals surface area contributed by atoms with Gasteiger partial charge in [-0.25, -0.2) is 0 Å². The van der Waals surface area contributed by atoms with Crippen molar-refractivity contribution in [2.75, 3.05) is 13.6 Å². The standard InChI is InChI=1S/C15H19NO/c1-12-8-9-16(2)15(17)11-14(12)10-13-6-4-3-5-7-13/h3-7,11-12H,8-10H2,1-2H3. The summed E-state index contributed by atoms with van der Waals surface area (Å²) in [6, 6.07) is 10.4. The highest BCUT2D eigenvalue weighted by Crippen LogP contribution is 2.22. The lowest BCUT2D eigenvalue weighted by atomic mass is 9.92. The zero-order chi connectivity index (χ0) is 12.3. The number of benzene rings is 1. The second-order valence-electron chi connectivity index (χ2n) is 4.83. The van der Waals surface area contributed by atoms with E-state index in [9.17, 15) is 4.79 Å². The van der Waals surface area contributed by atoms with E-state index >= 15 is 0 Å². The summed E-state index contributed by atoms with van der Waals surface area (Å²) >= 11 is 0. The van der Waals surface area contributed by atoms with Crippen molar-refractivity contribution in [3.05, 3.63) is 47.5 Å². The Morgan fingerprint density at radius 2 is 2.00 bits per heavy atom. The molecule has 1 aromatic rings. The third kappa shape index (κ3) is 2.96. The molecule has 1 aromatic carbocycles. The molecule has 1 amide bonds. The summed E-state index contributed by atoms with van der Waals surface area (Å²) in [5.74, 6) is 0.629. The van der Waals surface area contributed by atoms with Crippen molar-refractivity contribution in [1.82, 2.24) is 4.90 Å². The fourth-order valence-electron chi connectivity index (χ4n) is 2.15. The van der Waals surface area contributed by atoms with Crippen molar-refractivity contribution in [3.8, 4) is 0 Å². The van der Waals surface area contributed by atoms with Gasteiger partial charge in [-0.05, 0) is 24.3 Å². The van der Waals surface area contributed by atoms with Gasteiger partial charge in [-0.15, -0.1) is 0 Å². The van der Waals surface area contributed by atoms with Crippen LogP contribution in [-0.2, 0) is 11.2 Å². The average Bonchev–Trinajstić information content (AvgIpc) is 2.45. The predicted octanol–water partition coefficient (Wildman–Crippen LogP) is 2.65. The van der Waals surface area contributed by atoms with Gasteiger partial charge in [0.25, 0.3) is 0 Å². The Balaban J connectivity index is 2.18. The zero-order valence-corrected chi connectivity index (χ0v) is 10.5. The van der Waals surface area contributed by atoms with Crippen molar-refractivity contribution in [3.63, 3.8) is 0 Å². The average molecular weight is 229 g/mol. The molecule has 1 atom stereocenters. The molecule has 90 valence electrons. The predicted molar refractivity (Wildman–Crippen MR) is 69.6 cm³/mol. The molecule has 0 spiro atoms. The molecule has 17 heavy (non-hydrogen) atoms. The van der Waals surface area contributed by atoms with Gasteiger partial charge in [-0.2, -0.15) is 0 Å². The Morgan fingerprint density at radius 1 is 1.29 bits per heavy atom. The van der Waals surface area contributed by atoms with E-state index in [4.69, 9.17) is 0 Å². The number of carbonyl (C=O) groups is 1. The second kappa shape index (κ2) is 5.17. The number of carbonyl (C=O) groups excluding carboxylic acids is 1. The first-order valence-corrected chi connectivity index (χ1v) is 6.16. The first-order chi connectivity index (χ1) is 8.16. The van der Waals surface area contributed by atoms with E-state index in [0.29, 0.717) is 5.92 Å². The molecule has 0 radical (unpaired) electrons. The lowest BCUT2D eigenvalue weighted by molar-refractivity contribution is -0.124. The van der Waals surface area contributed by atoms with Crippen LogP contribution in [0.3, 0.4) is 0 Å². The minimum absolute atomic E-state index is 0.139. The molecular formula is C15H19NO. The van der Waals surface area contributed by atoms with Gasteiger partial charge in [0.1, 0.15) is 0 Å². The van der Waals surface area contributed by atoms with Crippen LogP contribution in [0.1, 0.15) is 18.9 Å². The molecule has 2 nitrogen and oxygen atoms in total. The van der Waals surface area contributed by atoms with Crippen molar-refractivity contribution < 1.29 is 4.79 Å². The highest BCUT2D eigenvalue weighted by Gasteiger charge is 2.18. The van der Waals surface area contributed by atoms with Gasteiger partial charge in [0, 0.05) is 19.7 Å². The third-order valence-corrected chi connectivity index (χ3v) is 3.47. The Labute approximate surface area is 103 Å². The summed E-state index contributed by atoms with van der Waals surface area (Å²) in [6.07, 6.45) is 3.77. The van der Waals surface area contributed by atoms with Crippen LogP contribution in [0.5, 0.6) is 0 Å². The minimum Gasteiger partial charge on any atom is -0.342 e. The minimum atomic E-state index is 0.139. The van der Waals surface area contributed by atoms with E-state index in [1.807, 2.05) is 31.3 Å². The van der Waals surface area contributed by atoms with Crippen LogP contribution in [0.15, 0.2) is 42.0 Å². The van der Waals surface area contributed by atoms with Crippen LogP contribution < -0.4 is 0 Å². The van der Waals surface area contributed by atoms with Crippen LogP contribution in [-0.4, -0.2) is 24.4 Å². The van der Waals surface area contributed by atoms with Crippen molar-refractivity contribution >= 4 is 5.91 Å². The third-order valence-electron chi connectivity index (χ3n) is 3.47. The SMILES string of the molecule is CC1CCN(C)C(=O)C=C1Cc1ccccc1. The molecule has 1 heterocycles. The molecular weight excluding hydrogens is 210 g/mol. The maximum Gasteiger partial charge on any atom is 0.246 e. The van der Waals surface area contributed by atoms with Crippen molar-refractivity contribution in [1.29, 1.82) is 0 Å². The van der Waals surface area contributed by atoms with Crippen molar-refractivity contribution in [2.45, 2.75) is 19.8 Å². The van der Waals surface area contributed by atoms with E-state index in [-0.39, 0.29) is 5.91 Å². The zero-order valence-electron chi connectivity index (χ0n) is 10.5. The molecule has 2 rings (SSSR count). The largest absolute Gasteiger partial charge is 0.342 e. The fraction of sp³-hybridized carbons (Fsp3) is 0.400. The van der Waals surface area contributed by atoms with Crippen molar-refractivity contribution in [2.24, 2.45) is 5.92 Å². The van der Waals surface area contributed by atoms with Crippen LogP contribution >= 0.6 is 0 Å². The molecule has 0 N–H and O–H groups in total. The van der Waals surface area contributed by atoms with Crippen LogP contribution in [0.4, 0.5) is 0 Å². The molecule has 0 bridgehead atoms. The summed E-state index contributed by atoms with van der Waals surface area (Å²) in [4.78, 5) is 13.6. The Bertz CT molecular complexity index is 422. The summed E-state index contributed by atoms with van der Waals surface area (Å²) in [5.41, 5.74) is 2.54. The number of nitrogens with zero attached hydrogens (tertiary/aromatic N) is 1. The molecule has 0 saturated carbocycles. The lowest BCUT2D eigenvalue weighted by Crippen LogP contribution is -2.24. The van der Waals surface area contributed by atoms with Gasteiger partial charge < -0.3 is 4.90 Å². The number of likely N-dealkylation sites (N-methyl/N-ethyl adjacent to an activating group) is 1. The molecule has 2 heteroatoms. The second-order valence-corrected chi connectivity index (χ2v) is 4.83. The first-order valence-electron chi connectivity index (χ1n) is 6.16. The lowest BCUT2D eigenvalue weighted by Gasteiger charge is -2.14. The summed E-state index contributed by atoms with van der Waals surface area (Å²) < 4.78 is 0. The van der Waals surface area contributed by atoms with Crippen LogP contribution in [0, 0.1) is 5.92 Å². The van der Waals surface area contributed by atoms with E-state index in [1.54, 1.807) is 4.90 Å². The van der Waals surface area contributed by atoms with Crippen LogP contribution in [0.2, 0.25) is 0 Å². The van der Waals surface area contributed by atoms with Crippen LogP contribution in [0.25, 0.3) is 0 Å². The molecule has 0 saturated heterocycles. The maximum atomic E-state index is 11.8. The molecule has 1 aliphatic heterocycles. The van der Waals surface area contributed by atoms with Gasteiger partial charge >= 0.3 is 0 Å². The molecule has 0 aliphatic carbocycles. The van der Waals surface area contributed by atoms with E-state index in [0.717, 1.165) is 19.4 Å². The molecule has 0 aromatic heterocycles. The Morgan fingerprint density at radius 3 is 2.71 bits per heavy atom. The number of hydrogen-bond acceptors (Lipinski definition) is 1. The van der Waals surface area contributed by atoms with Gasteiger partial charge in [0.05, 0.1) is 0 Å². The summed E-state index contributed by atoms with van der Waals surface area (Å²) in [7, 11) is 1.87. The van der Waals surface area contributed by atoms with Gasteiger partial charge in [-0.3, -0.25) is 4.79 Å². The topological polar surface area (TPSA) is 20.3 Å². The smallest absolute Gasteiger partial charge is 0.246 e. The normalized spacial score (nSPS) is 21.1. The maximum absolute atomic E-state index is 11.8. The first kappa shape index (κ1) is 11.9. The number of allylic oxidation sites excluding steroid dienone is 1. The van der Waals surface area contributed by atoms with E-state index in [2.05, 4.69) is 19.1 Å². The van der Waals surface area contributed by atoms with Gasteiger partial charge in [-0.1, -0.05) is 42.8 Å². The number of hydrogen-bond donors (Lipinski definition) is 0. The quantitative estimate of drug-likeness (QED) is 0.763. The fourth-order valence-corrected chi connectivity index (χ4v) is 2.15. The number of amides is 1. The summed E-state index contributed by atoms with van der Waals surface area (Å²) in [5, 5.41) is 0. The summed E-state index contributed by atoms with van der Waals surface area (Å²) in [6.45, 7) is 3.07. The highest BCUT2D eigenvalue weighted by atomic mass is 16.2. The Hall–Kier alpha value is -1.57. The van der Waals surface area contributed by atoms with E-state index in [1.165, 1.54) is 11.1 Å². The van der Waals surface area contributed by atoms with Gasteiger partial charge in [0.2, 0.25) is 5.91 Å².